The van der Waals surface area contributed by atoms with Crippen LogP contribution in [0.4, 0.5) is 0 Å². The normalized spacial score (nSPS) is 13.5. The van der Waals surface area contributed by atoms with E-state index in [1.807, 2.05) is 13.0 Å². The van der Waals surface area contributed by atoms with Crippen LogP contribution in [0.3, 0.4) is 0 Å². The summed E-state index contributed by atoms with van der Waals surface area (Å²) in [7, 11) is -3.32. The van der Waals surface area contributed by atoms with Crippen molar-refractivity contribution in [1.29, 1.82) is 0 Å². The van der Waals surface area contributed by atoms with Crippen molar-refractivity contribution in [1.82, 2.24) is 0 Å². The van der Waals surface area contributed by atoms with Crippen molar-refractivity contribution < 1.29 is 12.6 Å². The van der Waals surface area contributed by atoms with Crippen LogP contribution in [-0.2, 0) is 14.3 Å². The molecule has 0 rings (SSSR count). The minimum absolute atomic E-state index is 0.230. The summed E-state index contributed by atoms with van der Waals surface area (Å²) in [5, 5.41) is 0. The summed E-state index contributed by atoms with van der Waals surface area (Å²) >= 11 is 0. The minimum Gasteiger partial charge on any atom is -0.270 e. The Morgan fingerprint density at radius 3 is 2.47 bits per heavy atom. The van der Waals surface area contributed by atoms with Crippen LogP contribution < -0.4 is 0 Å². The molecule has 1 atom stereocenters. The fraction of sp³-hybridized carbons (Fsp3) is 0.636. The molecule has 4 heteroatoms. The Balaban J connectivity index is 3.96. The van der Waals surface area contributed by atoms with Gasteiger partial charge in [0.25, 0.3) is 10.1 Å². The Bertz CT molecular complexity index is 304. The molecule has 0 heterocycles. The molecule has 88 valence electrons. The fourth-order valence-corrected chi connectivity index (χ4v) is 1.70. The van der Waals surface area contributed by atoms with Gasteiger partial charge in [0.15, 0.2) is 0 Å². The summed E-state index contributed by atoms with van der Waals surface area (Å²) in [4.78, 5) is 0. The van der Waals surface area contributed by atoms with E-state index in [0.717, 1.165) is 24.7 Å². The molecule has 0 radical (unpaired) electrons. The average molecular weight is 232 g/mol. The minimum atomic E-state index is -3.32. The summed E-state index contributed by atoms with van der Waals surface area (Å²) < 4.78 is 26.2. The Kier molecular flexibility index (Phi) is 6.52. The molecule has 15 heavy (non-hydrogen) atoms. The van der Waals surface area contributed by atoms with Crippen molar-refractivity contribution in [2.75, 3.05) is 12.9 Å². The molecule has 3 nitrogen and oxygen atoms in total. The zero-order chi connectivity index (χ0) is 11.9. The Hall–Kier alpha value is -0.610. The predicted molar refractivity (Wildman–Crippen MR) is 63.1 cm³/mol. The van der Waals surface area contributed by atoms with Crippen molar-refractivity contribution >= 4 is 10.1 Å². The van der Waals surface area contributed by atoms with Gasteiger partial charge in [-0.25, -0.2) is 0 Å². The second kappa shape index (κ2) is 6.80. The van der Waals surface area contributed by atoms with Gasteiger partial charge in [0.2, 0.25) is 0 Å². The van der Waals surface area contributed by atoms with Gasteiger partial charge in [-0.2, -0.15) is 8.42 Å². The van der Waals surface area contributed by atoms with Gasteiger partial charge in [-0.05, 0) is 32.1 Å². The van der Waals surface area contributed by atoms with E-state index in [1.54, 1.807) is 0 Å². The lowest BCUT2D eigenvalue weighted by Crippen LogP contribution is -2.10. The number of rotatable bonds is 8. The van der Waals surface area contributed by atoms with Crippen molar-refractivity contribution in [3.8, 4) is 0 Å². The van der Waals surface area contributed by atoms with Crippen molar-refractivity contribution in [3.63, 3.8) is 0 Å². The lowest BCUT2D eigenvalue weighted by atomic mass is 9.93. The van der Waals surface area contributed by atoms with Gasteiger partial charge in [-0.15, -0.1) is 6.58 Å². The van der Waals surface area contributed by atoms with Crippen LogP contribution in [0.25, 0.3) is 0 Å². The maximum atomic E-state index is 10.7. The molecule has 0 aliphatic heterocycles. The van der Waals surface area contributed by atoms with E-state index in [2.05, 4.69) is 13.2 Å². The summed E-state index contributed by atoms with van der Waals surface area (Å²) in [6, 6.07) is 0. The summed E-state index contributed by atoms with van der Waals surface area (Å²) in [6.07, 6.45) is 5.47. The molecule has 0 saturated carbocycles. The highest BCUT2D eigenvalue weighted by Gasteiger charge is 2.10. The Morgan fingerprint density at radius 2 is 2.07 bits per heavy atom. The molecular formula is C11H20O3S. The van der Waals surface area contributed by atoms with Gasteiger partial charge < -0.3 is 0 Å². The molecular weight excluding hydrogens is 212 g/mol. The number of hydrogen-bond donors (Lipinski definition) is 0. The average Bonchev–Trinajstić information content (AvgIpc) is 2.08. The first-order valence-electron chi connectivity index (χ1n) is 4.97. The SMILES string of the molecule is C=CCC[C@H](CCOS(C)(=O)=O)C(=C)C. The third-order valence-electron chi connectivity index (χ3n) is 2.18. The molecule has 0 N–H and O–H groups in total. The van der Waals surface area contributed by atoms with E-state index in [1.165, 1.54) is 0 Å². The molecule has 0 bridgehead atoms. The summed E-state index contributed by atoms with van der Waals surface area (Å²) in [5.41, 5.74) is 1.06. The first kappa shape index (κ1) is 14.4. The molecule has 0 aromatic heterocycles. The van der Waals surface area contributed by atoms with Crippen molar-refractivity contribution in [2.24, 2.45) is 5.92 Å². The largest absolute Gasteiger partial charge is 0.270 e. The van der Waals surface area contributed by atoms with E-state index in [9.17, 15) is 8.42 Å². The molecule has 0 fully saturated rings. The van der Waals surface area contributed by atoms with Gasteiger partial charge in [0, 0.05) is 0 Å². The Morgan fingerprint density at radius 1 is 1.47 bits per heavy atom. The number of allylic oxidation sites excluding steroid dienone is 2. The van der Waals surface area contributed by atoms with E-state index in [-0.39, 0.29) is 6.61 Å². The molecule has 0 aliphatic rings. The third kappa shape index (κ3) is 8.39. The maximum absolute atomic E-state index is 10.7. The second-order valence-electron chi connectivity index (χ2n) is 3.72. The molecule has 0 aromatic carbocycles. The predicted octanol–water partition coefficient (Wildman–Crippen LogP) is 2.51. The van der Waals surface area contributed by atoms with E-state index in [0.29, 0.717) is 12.3 Å². The van der Waals surface area contributed by atoms with Crippen molar-refractivity contribution in [3.05, 3.63) is 24.8 Å². The molecule has 0 unspecified atom stereocenters. The molecule has 0 spiro atoms. The van der Waals surface area contributed by atoms with Crippen LogP contribution in [0.15, 0.2) is 24.8 Å². The van der Waals surface area contributed by atoms with Gasteiger partial charge in [-0.1, -0.05) is 18.2 Å². The number of hydrogen-bond acceptors (Lipinski definition) is 3. The van der Waals surface area contributed by atoms with Crippen molar-refractivity contribution in [2.45, 2.75) is 26.2 Å². The van der Waals surface area contributed by atoms with Gasteiger partial charge in [0.1, 0.15) is 0 Å². The third-order valence-corrected chi connectivity index (χ3v) is 2.77. The van der Waals surface area contributed by atoms with Crippen LogP contribution in [0.2, 0.25) is 0 Å². The zero-order valence-electron chi connectivity index (χ0n) is 9.53. The second-order valence-corrected chi connectivity index (χ2v) is 5.37. The highest BCUT2D eigenvalue weighted by atomic mass is 32.2. The van der Waals surface area contributed by atoms with E-state index >= 15 is 0 Å². The monoisotopic (exact) mass is 232 g/mol. The molecule has 0 amide bonds. The van der Waals surface area contributed by atoms with Crippen LogP contribution >= 0.6 is 0 Å². The smallest absolute Gasteiger partial charge is 0.264 e. The maximum Gasteiger partial charge on any atom is 0.264 e. The van der Waals surface area contributed by atoms with Crippen LogP contribution in [0.1, 0.15) is 26.2 Å². The van der Waals surface area contributed by atoms with E-state index < -0.39 is 10.1 Å². The van der Waals surface area contributed by atoms with Gasteiger partial charge in [0.05, 0.1) is 12.9 Å². The van der Waals surface area contributed by atoms with Crippen LogP contribution in [-0.4, -0.2) is 21.3 Å². The van der Waals surface area contributed by atoms with Crippen LogP contribution in [0, 0.1) is 5.92 Å². The highest BCUT2D eigenvalue weighted by molar-refractivity contribution is 7.85. The van der Waals surface area contributed by atoms with Crippen LogP contribution in [0.5, 0.6) is 0 Å². The molecule has 0 aromatic rings. The quantitative estimate of drug-likeness (QED) is 0.477. The highest BCUT2D eigenvalue weighted by Crippen LogP contribution is 2.19. The molecule has 0 aliphatic carbocycles. The summed E-state index contributed by atoms with van der Waals surface area (Å²) in [5.74, 6) is 0.310. The zero-order valence-corrected chi connectivity index (χ0v) is 10.3. The lowest BCUT2D eigenvalue weighted by molar-refractivity contribution is 0.291. The first-order valence-corrected chi connectivity index (χ1v) is 6.79. The van der Waals surface area contributed by atoms with E-state index in [4.69, 9.17) is 4.18 Å². The lowest BCUT2D eigenvalue weighted by Gasteiger charge is -2.15. The Labute approximate surface area is 93.0 Å². The van der Waals surface area contributed by atoms with Gasteiger partial charge in [-0.3, -0.25) is 4.18 Å². The fourth-order valence-electron chi connectivity index (χ4n) is 1.30. The molecule has 0 saturated heterocycles. The standard InChI is InChI=1S/C11H20O3S/c1-5-6-7-11(10(2)3)8-9-14-15(4,12)13/h5,11H,1-2,6-9H2,3-4H3/t11-/m1/s1. The topological polar surface area (TPSA) is 43.4 Å². The first-order chi connectivity index (χ1) is 6.87. The summed E-state index contributed by atoms with van der Waals surface area (Å²) in [6.45, 7) is 9.72. The van der Waals surface area contributed by atoms with Gasteiger partial charge >= 0.3 is 0 Å².